The predicted octanol–water partition coefficient (Wildman–Crippen LogP) is 3.63. The molecule has 0 saturated carbocycles. The van der Waals surface area contributed by atoms with Crippen molar-refractivity contribution in [3.63, 3.8) is 0 Å². The van der Waals surface area contributed by atoms with Gasteiger partial charge in [-0.25, -0.2) is 0 Å². The van der Waals surface area contributed by atoms with Crippen molar-refractivity contribution in [2.75, 3.05) is 0 Å². The summed E-state index contributed by atoms with van der Waals surface area (Å²) < 4.78 is 2.25. The van der Waals surface area contributed by atoms with Gasteiger partial charge in [0.1, 0.15) is 11.0 Å². The lowest BCUT2D eigenvalue weighted by Gasteiger charge is -1.96. The lowest BCUT2D eigenvalue weighted by molar-refractivity contribution is 0.765. The van der Waals surface area contributed by atoms with Crippen LogP contribution in [0.3, 0.4) is 0 Å². The molecule has 3 nitrogen and oxygen atoms in total. The minimum atomic E-state index is 0.960. The van der Waals surface area contributed by atoms with E-state index in [2.05, 4.69) is 67.5 Å². The summed E-state index contributed by atoms with van der Waals surface area (Å²) in [5.74, 6) is 0. The second kappa shape index (κ2) is 4.52. The van der Waals surface area contributed by atoms with Crippen LogP contribution in [0.25, 0.3) is 16.7 Å². The highest BCUT2D eigenvalue weighted by atomic mass is 127. The molecule has 0 unspecified atom stereocenters. The van der Waals surface area contributed by atoms with Crippen molar-refractivity contribution in [2.24, 2.45) is 0 Å². The van der Waals surface area contributed by atoms with Gasteiger partial charge in [0.15, 0.2) is 0 Å². The number of benzene rings is 2. The molecule has 5 heteroatoms. The molecule has 2 aromatic carbocycles. The van der Waals surface area contributed by atoms with Gasteiger partial charge in [0, 0.05) is 7.14 Å². The first-order chi connectivity index (χ1) is 8.25. The van der Waals surface area contributed by atoms with Gasteiger partial charge in [0.05, 0.1) is 5.69 Å². The number of para-hydroxylation sites is 1. The fourth-order valence-electron chi connectivity index (χ4n) is 1.61. The first kappa shape index (κ1) is 11.4. The molecular weight excluding hydrogens is 440 g/mol. The molecule has 0 amide bonds. The number of fused-ring (bicyclic) bond motifs is 1. The Morgan fingerprint density at radius 3 is 1.82 bits per heavy atom. The molecule has 0 fully saturated rings. The van der Waals surface area contributed by atoms with Gasteiger partial charge in [-0.15, -0.1) is 10.2 Å². The van der Waals surface area contributed by atoms with Crippen LogP contribution in [-0.4, -0.2) is 15.0 Å². The van der Waals surface area contributed by atoms with Crippen LogP contribution >= 0.6 is 45.2 Å². The number of rotatable bonds is 1. The standard InChI is InChI=1S/C12H7I2N3/c13-9-6-7-10(14)12-11(9)15-17(16-12)8-4-2-1-3-5-8/h1-7H. The van der Waals surface area contributed by atoms with Crippen molar-refractivity contribution >= 4 is 56.2 Å². The molecular formula is C12H7I2N3. The Labute approximate surface area is 125 Å². The molecule has 1 heterocycles. The Balaban J connectivity index is 2.27. The van der Waals surface area contributed by atoms with Gasteiger partial charge in [-0.2, -0.15) is 4.80 Å². The van der Waals surface area contributed by atoms with Gasteiger partial charge in [-0.3, -0.25) is 0 Å². The zero-order valence-corrected chi connectivity index (χ0v) is 13.0. The van der Waals surface area contributed by atoms with E-state index in [-0.39, 0.29) is 0 Å². The molecule has 0 aliphatic rings. The Morgan fingerprint density at radius 1 is 0.765 bits per heavy atom. The summed E-state index contributed by atoms with van der Waals surface area (Å²) in [5.41, 5.74) is 2.90. The van der Waals surface area contributed by atoms with Crippen LogP contribution in [0.5, 0.6) is 0 Å². The van der Waals surface area contributed by atoms with Gasteiger partial charge >= 0.3 is 0 Å². The molecule has 0 saturated heterocycles. The Hall–Kier alpha value is -0.700. The van der Waals surface area contributed by atoms with Crippen LogP contribution in [0.15, 0.2) is 42.5 Å². The van der Waals surface area contributed by atoms with E-state index in [0.717, 1.165) is 23.9 Å². The predicted molar refractivity (Wildman–Crippen MR) is 84.3 cm³/mol. The average molecular weight is 447 g/mol. The number of halogens is 2. The van der Waals surface area contributed by atoms with E-state index in [1.807, 2.05) is 30.3 Å². The third kappa shape index (κ3) is 2.05. The van der Waals surface area contributed by atoms with Crippen LogP contribution in [0.2, 0.25) is 0 Å². The summed E-state index contributed by atoms with van der Waals surface area (Å²) in [6, 6.07) is 14.1. The van der Waals surface area contributed by atoms with Crippen molar-refractivity contribution in [1.29, 1.82) is 0 Å². The smallest absolute Gasteiger partial charge is 0.128 e. The summed E-state index contributed by atoms with van der Waals surface area (Å²) in [4.78, 5) is 1.69. The largest absolute Gasteiger partial charge is 0.150 e. The maximum Gasteiger partial charge on any atom is 0.128 e. The molecule has 0 aliphatic heterocycles. The first-order valence-electron chi connectivity index (χ1n) is 5.02. The average Bonchev–Trinajstić information content (AvgIpc) is 2.81. The van der Waals surface area contributed by atoms with E-state index in [4.69, 9.17) is 0 Å². The van der Waals surface area contributed by atoms with Crippen LogP contribution in [-0.2, 0) is 0 Å². The fourth-order valence-corrected chi connectivity index (χ4v) is 2.70. The monoisotopic (exact) mass is 447 g/mol. The first-order valence-corrected chi connectivity index (χ1v) is 7.18. The topological polar surface area (TPSA) is 30.7 Å². The van der Waals surface area contributed by atoms with Crippen LogP contribution in [0.1, 0.15) is 0 Å². The minimum absolute atomic E-state index is 0.960. The van der Waals surface area contributed by atoms with Gasteiger partial charge in [0.2, 0.25) is 0 Å². The number of nitrogens with zero attached hydrogens (tertiary/aromatic N) is 3. The maximum atomic E-state index is 4.54. The van der Waals surface area contributed by atoms with Crippen molar-refractivity contribution in [1.82, 2.24) is 15.0 Å². The Kier molecular flexibility index (Phi) is 3.03. The van der Waals surface area contributed by atoms with Crippen molar-refractivity contribution in [3.05, 3.63) is 49.6 Å². The van der Waals surface area contributed by atoms with Crippen LogP contribution in [0.4, 0.5) is 0 Å². The molecule has 84 valence electrons. The highest BCUT2D eigenvalue weighted by Crippen LogP contribution is 2.23. The maximum absolute atomic E-state index is 4.54. The summed E-state index contributed by atoms with van der Waals surface area (Å²) in [6.45, 7) is 0. The molecule has 0 aliphatic carbocycles. The van der Waals surface area contributed by atoms with E-state index in [1.54, 1.807) is 4.80 Å². The molecule has 0 N–H and O–H groups in total. The number of hydrogen-bond donors (Lipinski definition) is 0. The lowest BCUT2D eigenvalue weighted by atomic mass is 10.3. The molecule has 0 spiro atoms. The van der Waals surface area contributed by atoms with E-state index in [0.29, 0.717) is 0 Å². The Morgan fingerprint density at radius 2 is 1.29 bits per heavy atom. The van der Waals surface area contributed by atoms with Gasteiger partial charge in [-0.1, -0.05) is 18.2 Å². The van der Waals surface area contributed by atoms with E-state index < -0.39 is 0 Å². The summed E-state index contributed by atoms with van der Waals surface area (Å²) in [5, 5.41) is 9.07. The second-order valence-electron chi connectivity index (χ2n) is 3.55. The normalized spacial score (nSPS) is 10.9. The van der Waals surface area contributed by atoms with Crippen LogP contribution < -0.4 is 0 Å². The quantitative estimate of drug-likeness (QED) is 0.534. The SMILES string of the molecule is Ic1ccc(I)c2nn(-c3ccccc3)nc12. The summed E-state index contributed by atoms with van der Waals surface area (Å²) in [6.07, 6.45) is 0. The van der Waals surface area contributed by atoms with Gasteiger partial charge < -0.3 is 0 Å². The molecule has 3 rings (SSSR count). The van der Waals surface area contributed by atoms with E-state index in [1.165, 1.54) is 0 Å². The van der Waals surface area contributed by atoms with E-state index in [9.17, 15) is 0 Å². The van der Waals surface area contributed by atoms with Crippen molar-refractivity contribution < 1.29 is 0 Å². The molecule has 0 radical (unpaired) electrons. The number of aromatic nitrogens is 3. The second-order valence-corrected chi connectivity index (χ2v) is 5.88. The molecule has 3 aromatic rings. The third-order valence-corrected chi connectivity index (χ3v) is 4.17. The number of hydrogen-bond acceptors (Lipinski definition) is 2. The fraction of sp³-hybridized carbons (Fsp3) is 0. The van der Waals surface area contributed by atoms with Crippen molar-refractivity contribution in [2.45, 2.75) is 0 Å². The summed E-state index contributed by atoms with van der Waals surface area (Å²) in [7, 11) is 0. The van der Waals surface area contributed by atoms with Gasteiger partial charge in [0.25, 0.3) is 0 Å². The Bertz CT molecular complexity index is 638. The molecule has 1 aromatic heterocycles. The highest BCUT2D eigenvalue weighted by Gasteiger charge is 2.10. The minimum Gasteiger partial charge on any atom is -0.150 e. The zero-order chi connectivity index (χ0) is 11.8. The zero-order valence-electron chi connectivity index (χ0n) is 8.64. The molecule has 17 heavy (non-hydrogen) atoms. The van der Waals surface area contributed by atoms with Gasteiger partial charge in [-0.05, 0) is 69.4 Å². The van der Waals surface area contributed by atoms with E-state index >= 15 is 0 Å². The summed E-state index contributed by atoms with van der Waals surface area (Å²) >= 11 is 4.58. The molecule has 0 atom stereocenters. The third-order valence-electron chi connectivity index (χ3n) is 2.43. The van der Waals surface area contributed by atoms with Crippen molar-refractivity contribution in [3.8, 4) is 5.69 Å². The highest BCUT2D eigenvalue weighted by molar-refractivity contribution is 14.1. The van der Waals surface area contributed by atoms with Crippen LogP contribution in [0, 0.1) is 7.14 Å². The molecule has 0 bridgehead atoms. The lowest BCUT2D eigenvalue weighted by Crippen LogP contribution is -1.97.